The van der Waals surface area contributed by atoms with Gasteiger partial charge >= 0.3 is 0 Å². The summed E-state index contributed by atoms with van der Waals surface area (Å²) in [7, 11) is 0. The van der Waals surface area contributed by atoms with E-state index in [-0.39, 0.29) is 5.56 Å². The molecule has 0 radical (unpaired) electrons. The van der Waals surface area contributed by atoms with E-state index in [4.69, 9.17) is 0 Å². The lowest BCUT2D eigenvalue weighted by Crippen LogP contribution is -2.15. The van der Waals surface area contributed by atoms with Crippen molar-refractivity contribution in [1.82, 2.24) is 19.6 Å². The number of nitrogens with one attached hydrogen (secondary N) is 1. The zero-order valence-corrected chi connectivity index (χ0v) is 12.8. The smallest absolute Gasteiger partial charge is 0.272 e. The van der Waals surface area contributed by atoms with Crippen LogP contribution in [0.1, 0.15) is 17.1 Å². The molecule has 0 aliphatic carbocycles. The molecular formula is C18H16N4O. The Morgan fingerprint density at radius 2 is 1.83 bits per heavy atom. The number of hydrogen-bond donors (Lipinski definition) is 1. The van der Waals surface area contributed by atoms with E-state index in [9.17, 15) is 4.79 Å². The first kappa shape index (κ1) is 13.7. The third-order valence-electron chi connectivity index (χ3n) is 3.92. The minimum absolute atomic E-state index is 0.0791. The van der Waals surface area contributed by atoms with Gasteiger partial charge in [0.1, 0.15) is 0 Å². The molecule has 0 saturated carbocycles. The summed E-state index contributed by atoms with van der Waals surface area (Å²) >= 11 is 0. The van der Waals surface area contributed by atoms with Gasteiger partial charge in [-0.15, -0.1) is 0 Å². The maximum Gasteiger partial charge on any atom is 0.272 e. The van der Waals surface area contributed by atoms with Crippen LogP contribution in [0, 0.1) is 6.92 Å². The van der Waals surface area contributed by atoms with Crippen molar-refractivity contribution in [1.29, 1.82) is 0 Å². The summed E-state index contributed by atoms with van der Waals surface area (Å²) in [6, 6.07) is 15.6. The van der Waals surface area contributed by atoms with Crippen molar-refractivity contribution in [3.8, 4) is 0 Å². The number of pyridine rings is 1. The first-order valence-corrected chi connectivity index (χ1v) is 7.62. The predicted molar refractivity (Wildman–Crippen MR) is 89.7 cm³/mol. The number of H-pyrrole nitrogens is 1. The van der Waals surface area contributed by atoms with Gasteiger partial charge in [-0.1, -0.05) is 24.3 Å². The van der Waals surface area contributed by atoms with Crippen molar-refractivity contribution in [3.63, 3.8) is 0 Å². The first-order valence-electron chi connectivity index (χ1n) is 7.62. The van der Waals surface area contributed by atoms with Crippen molar-refractivity contribution >= 4 is 16.6 Å². The highest BCUT2D eigenvalue weighted by molar-refractivity contribution is 5.78. The highest BCUT2D eigenvalue weighted by atomic mass is 16.1. The predicted octanol–water partition coefficient (Wildman–Crippen LogP) is 2.66. The number of para-hydroxylation sites is 1. The molecule has 0 aliphatic heterocycles. The lowest BCUT2D eigenvalue weighted by molar-refractivity contribution is 0.836. The van der Waals surface area contributed by atoms with E-state index >= 15 is 0 Å². The number of aryl methyl sites for hydroxylation is 3. The summed E-state index contributed by atoms with van der Waals surface area (Å²) < 4.78 is 1.47. The lowest BCUT2D eigenvalue weighted by Gasteiger charge is -2.03. The molecule has 0 bridgehead atoms. The van der Waals surface area contributed by atoms with E-state index in [1.807, 2.05) is 37.3 Å². The van der Waals surface area contributed by atoms with Gasteiger partial charge < -0.3 is 0 Å². The highest BCUT2D eigenvalue weighted by Gasteiger charge is 2.06. The highest BCUT2D eigenvalue weighted by Crippen LogP contribution is 2.13. The summed E-state index contributed by atoms with van der Waals surface area (Å²) in [5.74, 6) is 0. The number of rotatable bonds is 3. The van der Waals surface area contributed by atoms with Gasteiger partial charge in [0.05, 0.1) is 5.52 Å². The van der Waals surface area contributed by atoms with Crippen LogP contribution in [0.5, 0.6) is 0 Å². The summed E-state index contributed by atoms with van der Waals surface area (Å²) in [6.07, 6.45) is 1.46. The first-order chi connectivity index (χ1) is 11.2. The average molecular weight is 304 g/mol. The van der Waals surface area contributed by atoms with Crippen LogP contribution in [0.3, 0.4) is 0 Å². The fraction of sp³-hybridized carbons (Fsp3) is 0.167. The van der Waals surface area contributed by atoms with Crippen LogP contribution in [-0.4, -0.2) is 19.6 Å². The number of benzene rings is 1. The van der Waals surface area contributed by atoms with Crippen LogP contribution in [0.25, 0.3) is 16.6 Å². The van der Waals surface area contributed by atoms with Crippen molar-refractivity contribution in [3.05, 3.63) is 76.0 Å². The number of nitrogens with zero attached hydrogens (tertiary/aromatic N) is 3. The van der Waals surface area contributed by atoms with Gasteiger partial charge in [0.25, 0.3) is 5.56 Å². The molecule has 23 heavy (non-hydrogen) atoms. The maximum atomic E-state index is 12.1. The van der Waals surface area contributed by atoms with E-state index in [0.29, 0.717) is 12.1 Å². The molecule has 3 aromatic heterocycles. The van der Waals surface area contributed by atoms with Gasteiger partial charge in [-0.3, -0.25) is 14.9 Å². The normalized spacial score (nSPS) is 11.3. The number of hydrogen-bond acceptors (Lipinski definition) is 3. The second kappa shape index (κ2) is 5.35. The topological polar surface area (TPSA) is 63.1 Å². The lowest BCUT2D eigenvalue weighted by atomic mass is 10.1. The monoisotopic (exact) mass is 304 g/mol. The second-order valence-corrected chi connectivity index (χ2v) is 5.71. The second-order valence-electron chi connectivity index (χ2n) is 5.71. The molecule has 0 amide bonds. The standard InChI is InChI=1S/C18H16N4O/c1-12-10-17-20-15(11-18(23)22(17)21-12)9-8-14-7-6-13-4-2-3-5-16(13)19-14/h2-7,10-11,21H,8-9H2,1H3. The minimum Gasteiger partial charge on any atom is -0.294 e. The fourth-order valence-electron chi connectivity index (χ4n) is 2.79. The van der Waals surface area contributed by atoms with Crippen LogP contribution in [0.15, 0.2) is 53.3 Å². The van der Waals surface area contributed by atoms with Crippen molar-refractivity contribution in [2.24, 2.45) is 0 Å². The van der Waals surface area contributed by atoms with Gasteiger partial charge in [0.2, 0.25) is 0 Å². The Morgan fingerprint density at radius 3 is 2.74 bits per heavy atom. The van der Waals surface area contributed by atoms with Crippen LogP contribution in [0.4, 0.5) is 0 Å². The van der Waals surface area contributed by atoms with Crippen molar-refractivity contribution < 1.29 is 0 Å². The Labute approximate surface area is 132 Å². The summed E-state index contributed by atoms with van der Waals surface area (Å²) in [5.41, 5.74) is 4.30. The van der Waals surface area contributed by atoms with E-state index < -0.39 is 0 Å². The largest absolute Gasteiger partial charge is 0.294 e. The summed E-state index contributed by atoms with van der Waals surface area (Å²) in [6.45, 7) is 1.91. The molecule has 0 saturated heterocycles. The SMILES string of the molecule is Cc1cc2nc(CCc3ccc4ccccc4n3)cc(=O)n2[nH]1. The molecule has 5 heteroatoms. The van der Waals surface area contributed by atoms with Gasteiger partial charge in [-0.25, -0.2) is 9.50 Å². The van der Waals surface area contributed by atoms with Crippen LogP contribution in [-0.2, 0) is 12.8 Å². The summed E-state index contributed by atoms with van der Waals surface area (Å²) in [5, 5.41) is 4.11. The Kier molecular flexibility index (Phi) is 3.19. The Morgan fingerprint density at radius 1 is 1.00 bits per heavy atom. The van der Waals surface area contributed by atoms with E-state index in [1.54, 1.807) is 6.07 Å². The maximum absolute atomic E-state index is 12.1. The number of aromatic nitrogens is 4. The van der Waals surface area contributed by atoms with Gasteiger partial charge in [0.15, 0.2) is 5.65 Å². The molecule has 3 heterocycles. The molecule has 5 nitrogen and oxygen atoms in total. The molecular weight excluding hydrogens is 288 g/mol. The summed E-state index contributed by atoms with van der Waals surface area (Å²) in [4.78, 5) is 21.3. The third-order valence-corrected chi connectivity index (χ3v) is 3.92. The van der Waals surface area contributed by atoms with Crippen molar-refractivity contribution in [2.75, 3.05) is 0 Å². The molecule has 0 unspecified atom stereocenters. The zero-order chi connectivity index (χ0) is 15.8. The number of fused-ring (bicyclic) bond motifs is 2. The van der Waals surface area contributed by atoms with E-state index in [1.165, 1.54) is 4.52 Å². The third kappa shape index (κ3) is 2.61. The van der Waals surface area contributed by atoms with Crippen LogP contribution in [0.2, 0.25) is 0 Å². The quantitative estimate of drug-likeness (QED) is 0.633. The molecule has 114 valence electrons. The molecule has 0 fully saturated rings. The van der Waals surface area contributed by atoms with Crippen molar-refractivity contribution in [2.45, 2.75) is 19.8 Å². The molecule has 1 aromatic carbocycles. The Hall–Kier alpha value is -2.95. The van der Waals surface area contributed by atoms with Crippen LogP contribution < -0.4 is 5.56 Å². The minimum atomic E-state index is -0.0791. The molecule has 4 rings (SSSR count). The molecule has 0 spiro atoms. The Balaban J connectivity index is 1.61. The average Bonchev–Trinajstić information content (AvgIpc) is 2.94. The molecule has 1 N–H and O–H groups in total. The van der Waals surface area contributed by atoms with E-state index in [2.05, 4.69) is 27.2 Å². The fourth-order valence-corrected chi connectivity index (χ4v) is 2.79. The van der Waals surface area contributed by atoms with Gasteiger partial charge in [-0.2, -0.15) is 0 Å². The van der Waals surface area contributed by atoms with Gasteiger partial charge in [-0.05, 0) is 31.9 Å². The molecule has 4 aromatic rings. The van der Waals surface area contributed by atoms with E-state index in [0.717, 1.165) is 34.4 Å². The zero-order valence-electron chi connectivity index (χ0n) is 12.8. The molecule has 0 aliphatic rings. The van der Waals surface area contributed by atoms with Crippen LogP contribution >= 0.6 is 0 Å². The number of aromatic amines is 1. The van der Waals surface area contributed by atoms with Gasteiger partial charge in [0, 0.05) is 34.6 Å². The molecule has 0 atom stereocenters. The Bertz CT molecular complexity index is 1060.